The van der Waals surface area contributed by atoms with E-state index in [0.29, 0.717) is 0 Å². The van der Waals surface area contributed by atoms with Crippen molar-refractivity contribution < 1.29 is 4.79 Å². The van der Waals surface area contributed by atoms with Gasteiger partial charge in [-0.05, 0) is 67.8 Å². The van der Waals surface area contributed by atoms with E-state index in [1.54, 1.807) is 6.92 Å². The highest BCUT2D eigenvalue weighted by Gasteiger charge is 2.38. The molecule has 0 saturated heterocycles. The molecule has 0 aliphatic carbocycles. The Hall–Kier alpha value is -2.66. The van der Waals surface area contributed by atoms with Crippen molar-refractivity contribution in [3.8, 4) is 0 Å². The van der Waals surface area contributed by atoms with Crippen molar-refractivity contribution in [2.45, 2.75) is 46.2 Å². The van der Waals surface area contributed by atoms with Crippen molar-refractivity contribution in [3.05, 3.63) is 59.3 Å². The Morgan fingerprint density at radius 1 is 1.24 bits per heavy atom. The normalized spacial score (nSPS) is 23.9. The van der Waals surface area contributed by atoms with E-state index in [1.807, 2.05) is 30.0 Å². The molecular weight excluding hydrogens is 360 g/mol. The molecule has 0 fully saturated rings. The number of aryl methyl sites for hydroxylation is 1. The molecule has 2 aliphatic heterocycles. The van der Waals surface area contributed by atoms with Crippen molar-refractivity contribution in [3.63, 3.8) is 0 Å². The van der Waals surface area contributed by atoms with Crippen LogP contribution in [-0.4, -0.2) is 30.0 Å². The van der Waals surface area contributed by atoms with Crippen LogP contribution >= 0.6 is 0 Å². The van der Waals surface area contributed by atoms with Crippen LogP contribution in [-0.2, 0) is 4.79 Å². The van der Waals surface area contributed by atoms with Gasteiger partial charge in [0.25, 0.3) is 0 Å². The fraction of sp³-hybridized carbons (Fsp3) is 0.417. The number of amides is 1. The second kappa shape index (κ2) is 7.99. The van der Waals surface area contributed by atoms with Crippen molar-refractivity contribution in [2.24, 2.45) is 5.92 Å². The van der Waals surface area contributed by atoms with Gasteiger partial charge in [0.05, 0.1) is 6.04 Å². The molecule has 1 aromatic heterocycles. The summed E-state index contributed by atoms with van der Waals surface area (Å²) in [6.45, 7) is 9.93. The van der Waals surface area contributed by atoms with E-state index in [1.165, 1.54) is 16.7 Å². The molecule has 0 saturated carbocycles. The van der Waals surface area contributed by atoms with Gasteiger partial charge in [-0.25, -0.2) is 4.98 Å². The number of benzene rings is 1. The Balaban J connectivity index is 1.80. The predicted octanol–water partition coefficient (Wildman–Crippen LogP) is 4.31. The molecule has 3 heterocycles. The molecule has 1 unspecified atom stereocenters. The van der Waals surface area contributed by atoms with Gasteiger partial charge in [0.2, 0.25) is 5.91 Å². The minimum atomic E-state index is 0.0894. The minimum Gasteiger partial charge on any atom is -0.363 e. The van der Waals surface area contributed by atoms with E-state index in [9.17, 15) is 4.79 Å². The number of anilines is 2. The van der Waals surface area contributed by atoms with Gasteiger partial charge in [-0.1, -0.05) is 25.1 Å². The van der Waals surface area contributed by atoms with E-state index in [0.717, 1.165) is 36.7 Å². The second-order valence-corrected chi connectivity index (χ2v) is 8.23. The Labute approximate surface area is 173 Å². The van der Waals surface area contributed by atoms with Gasteiger partial charge in [0, 0.05) is 36.8 Å². The molecule has 152 valence electrons. The number of pyridine rings is 1. The highest BCUT2D eigenvalue weighted by atomic mass is 16.2. The van der Waals surface area contributed by atoms with Gasteiger partial charge < -0.3 is 15.5 Å². The first kappa shape index (κ1) is 19.6. The first-order chi connectivity index (χ1) is 14.0. The van der Waals surface area contributed by atoms with Crippen molar-refractivity contribution in [1.82, 2.24) is 10.3 Å². The lowest BCUT2D eigenvalue weighted by Crippen LogP contribution is -2.48. The van der Waals surface area contributed by atoms with Crippen molar-refractivity contribution in [1.29, 1.82) is 0 Å². The number of nitrogens with zero attached hydrogens (tertiary/aromatic N) is 2. The number of carbonyl (C=O) groups excluding carboxylic acids is 1. The lowest BCUT2D eigenvalue weighted by Gasteiger charge is -2.44. The summed E-state index contributed by atoms with van der Waals surface area (Å²) in [4.78, 5) is 19.1. The number of rotatable bonds is 3. The monoisotopic (exact) mass is 390 g/mol. The Bertz CT molecular complexity index is 952. The maximum Gasteiger partial charge on any atom is 0.224 e. The lowest BCUT2D eigenvalue weighted by molar-refractivity contribution is -0.117. The van der Waals surface area contributed by atoms with E-state index in [4.69, 9.17) is 0 Å². The maximum absolute atomic E-state index is 12.5. The molecule has 29 heavy (non-hydrogen) atoms. The third-order valence-electron chi connectivity index (χ3n) is 6.28. The van der Waals surface area contributed by atoms with Crippen LogP contribution in [0.4, 0.5) is 11.5 Å². The summed E-state index contributed by atoms with van der Waals surface area (Å²) in [5, 5.41) is 7.05. The predicted molar refractivity (Wildman–Crippen MR) is 119 cm³/mol. The third kappa shape index (κ3) is 3.79. The van der Waals surface area contributed by atoms with Gasteiger partial charge >= 0.3 is 0 Å². The van der Waals surface area contributed by atoms with Crippen LogP contribution in [0.25, 0.3) is 5.57 Å². The molecule has 5 heteroatoms. The van der Waals surface area contributed by atoms with Gasteiger partial charge in [-0.2, -0.15) is 0 Å². The highest BCUT2D eigenvalue weighted by molar-refractivity contribution is 5.94. The topological polar surface area (TPSA) is 57.3 Å². The van der Waals surface area contributed by atoms with Gasteiger partial charge in [0.15, 0.2) is 0 Å². The molecule has 1 amide bonds. The van der Waals surface area contributed by atoms with Crippen LogP contribution in [0.3, 0.4) is 0 Å². The summed E-state index contributed by atoms with van der Waals surface area (Å²) in [5.41, 5.74) is 5.79. The average molecular weight is 391 g/mol. The van der Waals surface area contributed by atoms with Gasteiger partial charge in [-0.3, -0.25) is 4.79 Å². The largest absolute Gasteiger partial charge is 0.363 e. The summed E-state index contributed by atoms with van der Waals surface area (Å²) >= 11 is 0. The van der Waals surface area contributed by atoms with Crippen molar-refractivity contribution in [2.75, 3.05) is 23.3 Å². The standard InChI is InChI=1S/C24H30N4O/c1-15-6-5-7-23(26-15)27-24-16(2)17(3)28(18(4)29)22-9-8-20(14-21(22)24)19-10-12-25-13-11-19/h5-10,14,16-17,24-25H,11-13H2,1-4H3,(H,26,27)/t16?,17-,24+/m0/s1. The Morgan fingerprint density at radius 3 is 2.76 bits per heavy atom. The van der Waals surface area contributed by atoms with Crippen LogP contribution < -0.4 is 15.5 Å². The minimum absolute atomic E-state index is 0.0894. The molecule has 1 aromatic carbocycles. The fourth-order valence-corrected chi connectivity index (χ4v) is 4.57. The molecule has 3 atom stereocenters. The Kier molecular flexibility index (Phi) is 5.41. The van der Waals surface area contributed by atoms with Crippen LogP contribution in [0.2, 0.25) is 0 Å². The van der Waals surface area contributed by atoms with E-state index in [-0.39, 0.29) is 23.9 Å². The molecule has 2 aliphatic rings. The first-order valence-electron chi connectivity index (χ1n) is 10.5. The maximum atomic E-state index is 12.5. The van der Waals surface area contributed by atoms with Gasteiger partial charge in [0.1, 0.15) is 5.82 Å². The first-order valence-corrected chi connectivity index (χ1v) is 10.5. The lowest BCUT2D eigenvalue weighted by atomic mass is 9.81. The van der Waals surface area contributed by atoms with Gasteiger partial charge in [-0.15, -0.1) is 0 Å². The molecule has 5 nitrogen and oxygen atoms in total. The van der Waals surface area contributed by atoms with E-state index < -0.39 is 0 Å². The highest BCUT2D eigenvalue weighted by Crippen LogP contribution is 2.43. The smallest absolute Gasteiger partial charge is 0.224 e. The van der Waals surface area contributed by atoms with Crippen LogP contribution in [0.15, 0.2) is 42.5 Å². The third-order valence-corrected chi connectivity index (χ3v) is 6.28. The second-order valence-electron chi connectivity index (χ2n) is 8.23. The SMILES string of the molecule is CC(=O)N1c2ccc(C3=CCNCC3)cc2[C@H](Nc2cccc(C)n2)C(C)[C@@H]1C. The Morgan fingerprint density at radius 2 is 2.07 bits per heavy atom. The molecule has 2 N–H and O–H groups in total. The summed E-state index contributed by atoms with van der Waals surface area (Å²) in [6.07, 6.45) is 3.30. The number of fused-ring (bicyclic) bond motifs is 1. The number of hydrogen-bond donors (Lipinski definition) is 2. The zero-order chi connectivity index (χ0) is 20.5. The fourth-order valence-electron chi connectivity index (χ4n) is 4.57. The zero-order valence-corrected chi connectivity index (χ0v) is 17.7. The summed E-state index contributed by atoms with van der Waals surface area (Å²) in [7, 11) is 0. The quantitative estimate of drug-likeness (QED) is 0.820. The molecule has 0 spiro atoms. The van der Waals surface area contributed by atoms with E-state index >= 15 is 0 Å². The molecule has 0 radical (unpaired) electrons. The van der Waals surface area contributed by atoms with Crippen LogP contribution in [0.1, 0.15) is 50.1 Å². The zero-order valence-electron chi connectivity index (χ0n) is 17.7. The summed E-state index contributed by atoms with van der Waals surface area (Å²) < 4.78 is 0. The number of carbonyl (C=O) groups is 1. The number of aromatic nitrogens is 1. The van der Waals surface area contributed by atoms with Crippen molar-refractivity contribution >= 4 is 23.0 Å². The number of nitrogens with one attached hydrogen (secondary N) is 2. The summed E-state index contributed by atoms with van der Waals surface area (Å²) in [6, 6.07) is 12.8. The van der Waals surface area contributed by atoms with E-state index in [2.05, 4.69) is 53.7 Å². The molecule has 2 aromatic rings. The summed E-state index contributed by atoms with van der Waals surface area (Å²) in [5.74, 6) is 1.21. The van der Waals surface area contributed by atoms with Crippen LogP contribution in [0, 0.1) is 12.8 Å². The molecular formula is C24H30N4O. The number of hydrogen-bond acceptors (Lipinski definition) is 4. The average Bonchev–Trinajstić information content (AvgIpc) is 2.72. The molecule has 4 rings (SSSR count). The van der Waals surface area contributed by atoms with Crippen LogP contribution in [0.5, 0.6) is 0 Å². The molecule has 0 bridgehead atoms.